The van der Waals surface area contributed by atoms with E-state index in [1.54, 1.807) is 0 Å². The lowest BCUT2D eigenvalue weighted by Crippen LogP contribution is -2.30. The molecule has 0 fully saturated rings. The summed E-state index contributed by atoms with van der Waals surface area (Å²) in [5.74, 6) is -1.56. The predicted molar refractivity (Wildman–Crippen MR) is 418 cm³/mol. The molecule has 0 aromatic rings. The molecule has 0 aliphatic carbocycles. The summed E-state index contributed by atoms with van der Waals surface area (Å²) in [6, 6.07) is 0. The van der Waals surface area contributed by atoms with E-state index in [-0.39, 0.29) is 19.3 Å². The van der Waals surface area contributed by atoms with E-state index in [0.717, 1.165) is 128 Å². The van der Waals surface area contributed by atoms with E-state index >= 15 is 0 Å². The molecule has 0 amide bonds. The smallest absolute Gasteiger partial charge is 0.463 e. The number of allylic oxidation sites excluding steroid dienone is 14. The van der Waals surface area contributed by atoms with Crippen molar-refractivity contribution in [3.05, 3.63) is 85.1 Å². The predicted octanol–water partition coefficient (Wildman–Crippen LogP) is 24.0. The Balaban J connectivity index is 4.39. The van der Waals surface area contributed by atoms with Crippen molar-refractivity contribution >= 4 is 33.6 Å². The molecule has 4 N–H and O–H groups in total. The summed E-state index contributed by atoms with van der Waals surface area (Å²) in [6.45, 7) is 2.59. The number of hydrogen-bond acceptors (Lipinski definition) is 14. The minimum Gasteiger partial charge on any atom is -0.463 e. The van der Waals surface area contributed by atoms with E-state index in [2.05, 4.69) is 106 Å². The van der Waals surface area contributed by atoms with Gasteiger partial charge in [0, 0.05) is 19.3 Å². The number of ether oxygens (including phenoxy) is 3. The fraction of sp³-hybridized carbons (Fsp3) is 0.795. The summed E-state index contributed by atoms with van der Waals surface area (Å²) in [5.41, 5.74) is 0. The van der Waals surface area contributed by atoms with Gasteiger partial charge >= 0.3 is 33.6 Å². The van der Waals surface area contributed by atoms with Gasteiger partial charge in [0.1, 0.15) is 25.4 Å². The second-order valence-electron chi connectivity index (χ2n) is 27.6. The molecule has 588 valence electrons. The number of phosphoric acid groups is 2. The standard InChI is InChI=1S/C83H150O16P2/c1-4-7-10-13-16-19-22-25-28-30-31-32-33-34-35-36-37-38-39-40-41-42-43-44-45-47-50-51-54-57-60-63-66-69-81(86)93-72-78(84)73-95-100(89,90)96-74-79(85)75-97-101(91,92)98-77-80(99-83(88)71-68-65-62-59-56-53-48-27-24-21-18-15-12-9-6-3)76-94-82(87)70-67-64-61-58-55-52-49-46-29-26-23-20-17-14-11-8-5-2/h8,11,16-17,19-20,25-26,28-29,31-32,34-35,78-80,84-85H,4-7,9-10,12-15,18,21-24,27,30,33,36-77H2,1-3H3,(H,89,90)(H,91,92)/b11-8-,19-16-,20-17-,28-25-,29-26-,32-31-,35-34-. The Labute approximate surface area is 616 Å². The van der Waals surface area contributed by atoms with Crippen molar-refractivity contribution in [2.24, 2.45) is 0 Å². The summed E-state index contributed by atoms with van der Waals surface area (Å²) in [6.07, 6.45) is 86.4. The van der Waals surface area contributed by atoms with Gasteiger partial charge in [-0.3, -0.25) is 32.5 Å². The molecule has 0 saturated heterocycles. The number of rotatable bonds is 78. The van der Waals surface area contributed by atoms with Crippen molar-refractivity contribution in [2.75, 3.05) is 39.6 Å². The molecule has 0 heterocycles. The number of esters is 3. The van der Waals surface area contributed by atoms with Crippen LogP contribution in [0.5, 0.6) is 0 Å². The number of unbranched alkanes of at least 4 members (excludes halogenated alkanes) is 41. The lowest BCUT2D eigenvalue weighted by molar-refractivity contribution is -0.161. The van der Waals surface area contributed by atoms with E-state index in [0.29, 0.717) is 19.3 Å². The summed E-state index contributed by atoms with van der Waals surface area (Å²) in [7, 11) is -9.78. The van der Waals surface area contributed by atoms with Gasteiger partial charge in [0.05, 0.1) is 26.4 Å². The van der Waals surface area contributed by atoms with E-state index in [1.807, 2.05) is 0 Å². The molecule has 16 nitrogen and oxygen atoms in total. The Hall–Kier alpha value is -3.27. The molecule has 5 atom stereocenters. The first kappa shape index (κ1) is 97.7. The van der Waals surface area contributed by atoms with Gasteiger partial charge in [0.25, 0.3) is 0 Å². The lowest BCUT2D eigenvalue weighted by Gasteiger charge is -2.21. The molecule has 0 radical (unpaired) electrons. The highest BCUT2D eigenvalue weighted by molar-refractivity contribution is 7.47. The van der Waals surface area contributed by atoms with E-state index in [4.69, 9.17) is 32.3 Å². The summed E-state index contributed by atoms with van der Waals surface area (Å²) in [5, 5.41) is 20.6. The Morgan fingerprint density at radius 2 is 0.525 bits per heavy atom. The third-order valence-corrected chi connectivity index (χ3v) is 19.5. The zero-order chi connectivity index (χ0) is 73.7. The van der Waals surface area contributed by atoms with Crippen LogP contribution in [0.3, 0.4) is 0 Å². The first-order valence-electron chi connectivity index (χ1n) is 40.9. The first-order valence-corrected chi connectivity index (χ1v) is 43.9. The zero-order valence-electron chi connectivity index (χ0n) is 64.3. The Bertz CT molecular complexity index is 2180. The second-order valence-corrected chi connectivity index (χ2v) is 30.5. The van der Waals surface area contributed by atoms with Crippen LogP contribution in [0.2, 0.25) is 0 Å². The van der Waals surface area contributed by atoms with Crippen molar-refractivity contribution in [3.8, 4) is 0 Å². The van der Waals surface area contributed by atoms with Gasteiger partial charge in [0.2, 0.25) is 0 Å². The van der Waals surface area contributed by atoms with Gasteiger partial charge in [-0.25, -0.2) is 9.13 Å². The number of aliphatic hydroxyl groups is 2. The van der Waals surface area contributed by atoms with Crippen LogP contribution in [0, 0.1) is 0 Å². The molecule has 0 saturated carbocycles. The maximum absolute atomic E-state index is 13.0. The molecule has 5 unspecified atom stereocenters. The van der Waals surface area contributed by atoms with Gasteiger partial charge in [0.15, 0.2) is 6.10 Å². The van der Waals surface area contributed by atoms with Gasteiger partial charge in [-0.05, 0) is 96.3 Å². The quantitative estimate of drug-likeness (QED) is 0.0146. The number of carbonyl (C=O) groups excluding carboxylic acids is 3. The molecule has 0 bridgehead atoms. The minimum atomic E-state index is -4.93. The molecule has 0 aromatic heterocycles. The Morgan fingerprint density at radius 1 is 0.287 bits per heavy atom. The van der Waals surface area contributed by atoms with Crippen LogP contribution in [0.25, 0.3) is 0 Å². The van der Waals surface area contributed by atoms with Crippen LogP contribution in [0.4, 0.5) is 0 Å². The third kappa shape index (κ3) is 77.6. The summed E-state index contributed by atoms with van der Waals surface area (Å²) < 4.78 is 61.2. The number of carbonyl (C=O) groups is 3. The highest BCUT2D eigenvalue weighted by Crippen LogP contribution is 2.45. The fourth-order valence-corrected chi connectivity index (χ4v) is 13.0. The molecule has 101 heavy (non-hydrogen) atoms. The van der Waals surface area contributed by atoms with Gasteiger partial charge in [-0.1, -0.05) is 337 Å². The molecule has 0 aliphatic heterocycles. The monoisotopic (exact) mass is 1470 g/mol. The van der Waals surface area contributed by atoms with Crippen LogP contribution in [0.15, 0.2) is 85.1 Å². The largest absolute Gasteiger partial charge is 0.472 e. The van der Waals surface area contributed by atoms with Gasteiger partial charge < -0.3 is 34.2 Å². The molecular weight excluding hydrogens is 1310 g/mol. The molecule has 18 heteroatoms. The Morgan fingerprint density at radius 3 is 0.851 bits per heavy atom. The fourth-order valence-electron chi connectivity index (χ4n) is 11.4. The van der Waals surface area contributed by atoms with Crippen LogP contribution < -0.4 is 0 Å². The van der Waals surface area contributed by atoms with Gasteiger partial charge in [-0.2, -0.15) is 0 Å². The average Bonchev–Trinajstić information content (AvgIpc) is 0.944. The van der Waals surface area contributed by atoms with Crippen molar-refractivity contribution in [3.63, 3.8) is 0 Å². The van der Waals surface area contributed by atoms with E-state index in [1.165, 1.54) is 180 Å². The van der Waals surface area contributed by atoms with Crippen molar-refractivity contribution < 1.29 is 75.8 Å². The maximum atomic E-state index is 13.0. The lowest BCUT2D eigenvalue weighted by atomic mass is 10.0. The number of hydrogen-bond donors (Lipinski definition) is 4. The summed E-state index contributed by atoms with van der Waals surface area (Å²) >= 11 is 0. The highest BCUT2D eigenvalue weighted by Gasteiger charge is 2.29. The van der Waals surface area contributed by atoms with E-state index < -0.39 is 91.5 Å². The maximum Gasteiger partial charge on any atom is 0.472 e. The third-order valence-electron chi connectivity index (χ3n) is 17.6. The first-order chi connectivity index (χ1) is 49.2. The topological polar surface area (TPSA) is 231 Å². The molecule has 0 rings (SSSR count). The number of phosphoric ester groups is 2. The Kier molecular flexibility index (Phi) is 73.9. The van der Waals surface area contributed by atoms with Crippen LogP contribution in [-0.2, 0) is 55.8 Å². The highest BCUT2D eigenvalue weighted by atomic mass is 31.2. The van der Waals surface area contributed by atoms with E-state index in [9.17, 15) is 43.5 Å². The SMILES string of the molecule is CC/C=C\C/C=C\C/C=C\CCCCCCCCCC(=O)OCC(COP(=O)(O)OCC(O)COP(=O)(O)OCC(O)COC(=O)CCCCCCCCCCCCCCCCCCC/C=C\C/C=C\C/C=C\C/C=C\CCCCC)OC(=O)CCCCCCCCCCCCCCCCC. The normalized spacial score (nSPS) is 14.4. The zero-order valence-corrected chi connectivity index (χ0v) is 66.1. The molecule has 0 spiro atoms. The number of aliphatic hydroxyl groups excluding tert-OH is 2. The minimum absolute atomic E-state index is 0.108. The molecule has 0 aliphatic rings. The average molecular weight is 1470 g/mol. The second kappa shape index (κ2) is 76.4. The van der Waals surface area contributed by atoms with Crippen LogP contribution >= 0.6 is 15.6 Å². The van der Waals surface area contributed by atoms with Crippen molar-refractivity contribution in [1.82, 2.24) is 0 Å². The van der Waals surface area contributed by atoms with Crippen LogP contribution in [-0.4, -0.2) is 95.9 Å². The van der Waals surface area contributed by atoms with Crippen LogP contribution in [0.1, 0.15) is 367 Å². The van der Waals surface area contributed by atoms with Crippen molar-refractivity contribution in [1.29, 1.82) is 0 Å². The molecular formula is C83H150O16P2. The summed E-state index contributed by atoms with van der Waals surface area (Å²) in [4.78, 5) is 58.6. The van der Waals surface area contributed by atoms with Gasteiger partial charge in [-0.15, -0.1) is 0 Å². The van der Waals surface area contributed by atoms with Crippen molar-refractivity contribution in [2.45, 2.75) is 386 Å². The molecule has 0 aromatic carbocycles.